The monoisotopic (exact) mass is 432 g/mol. The van der Waals surface area contributed by atoms with E-state index in [9.17, 15) is 4.79 Å². The Hall–Kier alpha value is -3.27. The van der Waals surface area contributed by atoms with Crippen molar-refractivity contribution in [3.05, 3.63) is 96.1 Å². The number of benzene rings is 3. The van der Waals surface area contributed by atoms with Crippen LogP contribution in [0.15, 0.2) is 84.9 Å². The van der Waals surface area contributed by atoms with Gasteiger partial charge in [0.05, 0.1) is 7.11 Å². The normalized spacial score (nSPS) is 10.2. The number of ether oxygens (including phenoxy) is 1. The standard InChI is InChI=1S/C26H30N2O2.C2H6/c1-3-18-28(26(29)27-23-15-10-16-24(20-23)30-2)19-17-25(21-11-6-4-7-12-21)22-13-8-5-9-14-22;1-2/h4-16,20,25H,3,17-19H2,1-2H3,(H,27,29);1-2H3. The highest BCUT2D eigenvalue weighted by atomic mass is 16.5. The predicted molar refractivity (Wildman–Crippen MR) is 135 cm³/mol. The molecule has 170 valence electrons. The van der Waals surface area contributed by atoms with E-state index in [1.54, 1.807) is 7.11 Å². The molecule has 4 heteroatoms. The van der Waals surface area contributed by atoms with E-state index >= 15 is 0 Å². The van der Waals surface area contributed by atoms with Gasteiger partial charge in [0, 0.05) is 30.8 Å². The molecule has 4 nitrogen and oxygen atoms in total. The number of amides is 2. The molecule has 0 heterocycles. The first-order chi connectivity index (χ1) is 15.7. The second kappa shape index (κ2) is 13.9. The molecule has 32 heavy (non-hydrogen) atoms. The fourth-order valence-electron chi connectivity index (χ4n) is 3.67. The van der Waals surface area contributed by atoms with E-state index < -0.39 is 0 Å². The lowest BCUT2D eigenvalue weighted by Crippen LogP contribution is -2.37. The number of hydrogen-bond donors (Lipinski definition) is 1. The first kappa shape index (κ1) is 25.0. The number of rotatable bonds is 9. The minimum Gasteiger partial charge on any atom is -0.497 e. The first-order valence-corrected chi connectivity index (χ1v) is 11.5. The number of nitrogens with zero attached hydrogens (tertiary/aromatic N) is 1. The first-order valence-electron chi connectivity index (χ1n) is 11.5. The molecule has 0 aliphatic heterocycles. The Labute approximate surface area is 193 Å². The van der Waals surface area contributed by atoms with E-state index in [2.05, 4.69) is 60.8 Å². The van der Waals surface area contributed by atoms with Gasteiger partial charge in [0.2, 0.25) is 0 Å². The number of hydrogen-bond acceptors (Lipinski definition) is 2. The molecule has 0 aliphatic carbocycles. The Morgan fingerprint density at radius 1 is 0.875 bits per heavy atom. The van der Waals surface area contributed by atoms with Crippen molar-refractivity contribution in [1.82, 2.24) is 4.90 Å². The van der Waals surface area contributed by atoms with E-state index in [1.165, 1.54) is 11.1 Å². The molecule has 0 fully saturated rings. The number of nitrogens with one attached hydrogen (secondary N) is 1. The summed E-state index contributed by atoms with van der Waals surface area (Å²) >= 11 is 0. The van der Waals surface area contributed by atoms with Crippen LogP contribution in [0.1, 0.15) is 50.7 Å². The van der Waals surface area contributed by atoms with Crippen LogP contribution in [-0.2, 0) is 0 Å². The van der Waals surface area contributed by atoms with E-state index in [0.717, 1.165) is 24.3 Å². The number of carbonyl (C=O) groups is 1. The van der Waals surface area contributed by atoms with Crippen LogP contribution in [0.2, 0.25) is 0 Å². The molecule has 3 aromatic carbocycles. The van der Waals surface area contributed by atoms with Crippen LogP contribution >= 0.6 is 0 Å². The van der Waals surface area contributed by atoms with Gasteiger partial charge >= 0.3 is 6.03 Å². The van der Waals surface area contributed by atoms with Gasteiger partial charge in [0.25, 0.3) is 0 Å². The lowest BCUT2D eigenvalue weighted by Gasteiger charge is -2.26. The number of methoxy groups -OCH3 is 1. The summed E-state index contributed by atoms with van der Waals surface area (Å²) in [6.07, 6.45) is 1.77. The fraction of sp³-hybridized carbons (Fsp3) is 0.321. The Kier molecular flexibility index (Phi) is 10.9. The third-order valence-electron chi connectivity index (χ3n) is 5.19. The number of anilines is 1. The van der Waals surface area contributed by atoms with Crippen LogP contribution in [0.25, 0.3) is 0 Å². The SMILES string of the molecule is CC.CCCN(CCC(c1ccccc1)c1ccccc1)C(=O)Nc1cccc(OC)c1. The molecule has 0 spiro atoms. The number of urea groups is 1. The van der Waals surface area contributed by atoms with Gasteiger partial charge in [0.15, 0.2) is 0 Å². The van der Waals surface area contributed by atoms with Crippen molar-refractivity contribution in [2.45, 2.75) is 39.5 Å². The largest absolute Gasteiger partial charge is 0.497 e. The third-order valence-corrected chi connectivity index (χ3v) is 5.19. The van der Waals surface area contributed by atoms with Gasteiger partial charge in [-0.15, -0.1) is 0 Å². The van der Waals surface area contributed by atoms with Gasteiger partial charge in [-0.2, -0.15) is 0 Å². The van der Waals surface area contributed by atoms with Gasteiger partial charge in [-0.25, -0.2) is 4.79 Å². The molecule has 2 amide bonds. The van der Waals surface area contributed by atoms with Gasteiger partial charge in [0.1, 0.15) is 5.75 Å². The molecular weight excluding hydrogens is 396 g/mol. The lowest BCUT2D eigenvalue weighted by atomic mass is 9.88. The Morgan fingerprint density at radius 3 is 2.00 bits per heavy atom. The second-order valence-electron chi connectivity index (χ2n) is 7.31. The summed E-state index contributed by atoms with van der Waals surface area (Å²) in [5.41, 5.74) is 3.28. The molecule has 0 bridgehead atoms. The van der Waals surface area contributed by atoms with E-state index in [4.69, 9.17) is 4.74 Å². The average molecular weight is 433 g/mol. The molecule has 0 atom stereocenters. The highest BCUT2D eigenvalue weighted by molar-refractivity contribution is 5.89. The average Bonchev–Trinajstić information content (AvgIpc) is 2.86. The number of carbonyl (C=O) groups excluding carboxylic acids is 1. The predicted octanol–water partition coefficient (Wildman–Crippen LogP) is 7.19. The summed E-state index contributed by atoms with van der Waals surface area (Å²) in [4.78, 5) is 14.9. The highest BCUT2D eigenvalue weighted by Crippen LogP contribution is 2.28. The summed E-state index contributed by atoms with van der Waals surface area (Å²) in [7, 11) is 1.62. The molecule has 3 rings (SSSR count). The summed E-state index contributed by atoms with van der Waals surface area (Å²) in [5.74, 6) is 0.972. The van der Waals surface area contributed by atoms with Crippen molar-refractivity contribution in [2.24, 2.45) is 0 Å². The van der Waals surface area contributed by atoms with Crippen molar-refractivity contribution >= 4 is 11.7 Å². The minimum absolute atomic E-state index is 0.0787. The Morgan fingerprint density at radius 2 is 1.47 bits per heavy atom. The van der Waals surface area contributed by atoms with Crippen LogP contribution in [0, 0.1) is 0 Å². The van der Waals surface area contributed by atoms with Crippen molar-refractivity contribution in [3.8, 4) is 5.75 Å². The minimum atomic E-state index is -0.0787. The summed E-state index contributed by atoms with van der Waals surface area (Å²) in [6.45, 7) is 7.49. The van der Waals surface area contributed by atoms with Gasteiger partial charge in [-0.1, -0.05) is 87.5 Å². The maximum atomic E-state index is 13.0. The maximum Gasteiger partial charge on any atom is 0.321 e. The topological polar surface area (TPSA) is 41.6 Å². The van der Waals surface area contributed by atoms with E-state index in [0.29, 0.717) is 13.1 Å². The van der Waals surface area contributed by atoms with Crippen LogP contribution in [0.5, 0.6) is 5.75 Å². The zero-order valence-corrected chi connectivity index (χ0v) is 19.8. The smallest absolute Gasteiger partial charge is 0.321 e. The Bertz CT molecular complexity index is 873. The molecule has 0 radical (unpaired) electrons. The quantitative estimate of drug-likeness (QED) is 0.389. The van der Waals surface area contributed by atoms with Gasteiger partial charge in [-0.05, 0) is 36.1 Å². The molecule has 0 saturated carbocycles. The maximum absolute atomic E-state index is 13.0. The van der Waals surface area contributed by atoms with Crippen LogP contribution in [0.3, 0.4) is 0 Å². The second-order valence-corrected chi connectivity index (χ2v) is 7.31. The molecule has 0 saturated heterocycles. The molecule has 0 unspecified atom stereocenters. The summed E-state index contributed by atoms with van der Waals surface area (Å²) < 4.78 is 5.26. The lowest BCUT2D eigenvalue weighted by molar-refractivity contribution is 0.210. The molecule has 3 aromatic rings. The zero-order valence-electron chi connectivity index (χ0n) is 19.8. The molecule has 0 aliphatic rings. The fourth-order valence-corrected chi connectivity index (χ4v) is 3.67. The molecular formula is C28H36N2O2. The highest BCUT2D eigenvalue weighted by Gasteiger charge is 2.18. The summed E-state index contributed by atoms with van der Waals surface area (Å²) in [6, 6.07) is 28.4. The van der Waals surface area contributed by atoms with Gasteiger partial charge in [-0.3, -0.25) is 0 Å². The Balaban J connectivity index is 0.00000176. The van der Waals surface area contributed by atoms with Crippen molar-refractivity contribution in [3.63, 3.8) is 0 Å². The van der Waals surface area contributed by atoms with Crippen LogP contribution < -0.4 is 10.1 Å². The van der Waals surface area contributed by atoms with Crippen LogP contribution in [0.4, 0.5) is 10.5 Å². The van der Waals surface area contributed by atoms with Crippen molar-refractivity contribution < 1.29 is 9.53 Å². The van der Waals surface area contributed by atoms with Crippen molar-refractivity contribution in [2.75, 3.05) is 25.5 Å². The van der Waals surface area contributed by atoms with Crippen molar-refractivity contribution in [1.29, 1.82) is 0 Å². The van der Waals surface area contributed by atoms with Gasteiger partial charge < -0.3 is 15.0 Å². The summed E-state index contributed by atoms with van der Waals surface area (Å²) in [5, 5.41) is 3.01. The third kappa shape index (κ3) is 7.45. The van der Waals surface area contributed by atoms with Crippen LogP contribution in [-0.4, -0.2) is 31.1 Å². The molecule has 1 N–H and O–H groups in total. The zero-order chi connectivity index (χ0) is 23.2. The van der Waals surface area contributed by atoms with E-state index in [1.807, 2.05) is 55.1 Å². The molecule has 0 aromatic heterocycles. The van der Waals surface area contributed by atoms with E-state index in [-0.39, 0.29) is 11.9 Å².